The number of rotatable bonds is 3. The number of ether oxygens (including phenoxy) is 1. The number of nitrogens with zero attached hydrogens (tertiary/aromatic N) is 4. The van der Waals surface area contributed by atoms with E-state index in [9.17, 15) is 4.79 Å². The molecule has 0 radical (unpaired) electrons. The molecule has 1 aromatic heterocycles. The first-order chi connectivity index (χ1) is 8.74. The summed E-state index contributed by atoms with van der Waals surface area (Å²) in [4.78, 5) is 19.4. The average Bonchev–Trinajstić information content (AvgIpc) is 3.06. The number of amides is 2. The van der Waals surface area contributed by atoms with Gasteiger partial charge in [0.1, 0.15) is 6.10 Å². The molecule has 0 bridgehead atoms. The molecule has 1 atom stereocenters. The van der Waals surface area contributed by atoms with Crippen LogP contribution in [0.2, 0.25) is 0 Å². The molecule has 18 heavy (non-hydrogen) atoms. The molecular formula is C11H16N4O3. The minimum absolute atomic E-state index is 0.0125. The monoisotopic (exact) mass is 252 g/mol. The highest BCUT2D eigenvalue weighted by Crippen LogP contribution is 2.27. The molecule has 98 valence electrons. The minimum atomic E-state index is -0.0665. The van der Waals surface area contributed by atoms with Crippen LogP contribution in [-0.4, -0.2) is 52.7 Å². The summed E-state index contributed by atoms with van der Waals surface area (Å²) in [5, 5.41) is 3.91. The largest absolute Gasteiger partial charge is 0.368 e. The van der Waals surface area contributed by atoms with E-state index in [0.29, 0.717) is 24.8 Å². The number of carbonyl (C=O) groups excluding carboxylic acids is 1. The van der Waals surface area contributed by atoms with Crippen molar-refractivity contribution in [2.24, 2.45) is 0 Å². The second kappa shape index (κ2) is 4.56. The first kappa shape index (κ1) is 11.5. The standard InChI is InChI=1S/C11H16N4O3/c1-14-4-5-15(11(14)16)7-9-12-10(18-13-9)8-3-2-6-17-8/h8H,2-7H2,1H3/t8-/m1/s1. The van der Waals surface area contributed by atoms with Crippen LogP contribution in [0.1, 0.15) is 30.7 Å². The van der Waals surface area contributed by atoms with Crippen molar-refractivity contribution in [1.82, 2.24) is 19.9 Å². The van der Waals surface area contributed by atoms with Crippen LogP contribution >= 0.6 is 0 Å². The van der Waals surface area contributed by atoms with Crippen LogP contribution in [0.3, 0.4) is 0 Å². The van der Waals surface area contributed by atoms with E-state index in [1.165, 1.54) is 0 Å². The van der Waals surface area contributed by atoms with Crippen molar-refractivity contribution in [1.29, 1.82) is 0 Å². The highest BCUT2D eigenvalue weighted by atomic mass is 16.5. The molecule has 0 N–H and O–H groups in total. The van der Waals surface area contributed by atoms with Gasteiger partial charge < -0.3 is 19.1 Å². The molecule has 3 heterocycles. The van der Waals surface area contributed by atoms with E-state index < -0.39 is 0 Å². The summed E-state index contributed by atoms with van der Waals surface area (Å²) in [6, 6.07) is 0.0125. The van der Waals surface area contributed by atoms with Crippen molar-refractivity contribution in [3.63, 3.8) is 0 Å². The van der Waals surface area contributed by atoms with Crippen molar-refractivity contribution in [2.75, 3.05) is 26.7 Å². The Bertz CT molecular complexity index is 441. The van der Waals surface area contributed by atoms with E-state index in [1.54, 1.807) is 16.8 Å². The van der Waals surface area contributed by atoms with Gasteiger partial charge in [0, 0.05) is 26.7 Å². The van der Waals surface area contributed by atoms with Gasteiger partial charge in [-0.3, -0.25) is 0 Å². The third-order valence-corrected chi connectivity index (χ3v) is 3.32. The van der Waals surface area contributed by atoms with Gasteiger partial charge in [0.05, 0.1) is 6.54 Å². The van der Waals surface area contributed by atoms with E-state index >= 15 is 0 Å². The number of likely N-dealkylation sites (N-methyl/N-ethyl adjacent to an activating group) is 1. The number of aromatic nitrogens is 2. The van der Waals surface area contributed by atoms with Gasteiger partial charge in [-0.05, 0) is 12.8 Å². The van der Waals surface area contributed by atoms with Crippen LogP contribution in [0, 0.1) is 0 Å². The van der Waals surface area contributed by atoms with Crippen molar-refractivity contribution < 1.29 is 14.1 Å². The second-order valence-electron chi connectivity index (χ2n) is 4.68. The zero-order chi connectivity index (χ0) is 12.5. The Labute approximate surface area is 105 Å². The van der Waals surface area contributed by atoms with Crippen LogP contribution in [0.25, 0.3) is 0 Å². The Morgan fingerprint density at radius 2 is 2.33 bits per heavy atom. The molecule has 0 aromatic carbocycles. The quantitative estimate of drug-likeness (QED) is 0.795. The van der Waals surface area contributed by atoms with Crippen LogP contribution in [0.4, 0.5) is 4.79 Å². The maximum absolute atomic E-state index is 11.7. The molecule has 7 heteroatoms. The Kier molecular flexibility index (Phi) is 2.91. The Balaban J connectivity index is 1.65. The fourth-order valence-corrected chi connectivity index (χ4v) is 2.26. The van der Waals surface area contributed by atoms with Gasteiger partial charge in [-0.15, -0.1) is 0 Å². The smallest absolute Gasteiger partial charge is 0.320 e. The van der Waals surface area contributed by atoms with Crippen molar-refractivity contribution in [3.8, 4) is 0 Å². The lowest BCUT2D eigenvalue weighted by atomic mass is 10.2. The minimum Gasteiger partial charge on any atom is -0.368 e. The Morgan fingerprint density at radius 1 is 1.44 bits per heavy atom. The Morgan fingerprint density at radius 3 is 3.00 bits per heavy atom. The van der Waals surface area contributed by atoms with Gasteiger partial charge in [-0.1, -0.05) is 5.16 Å². The summed E-state index contributed by atoms with van der Waals surface area (Å²) < 4.78 is 10.7. The summed E-state index contributed by atoms with van der Waals surface area (Å²) in [5.41, 5.74) is 0. The second-order valence-corrected chi connectivity index (χ2v) is 4.68. The van der Waals surface area contributed by atoms with E-state index in [2.05, 4.69) is 10.1 Å². The lowest BCUT2D eigenvalue weighted by molar-refractivity contribution is 0.0835. The number of hydrogen-bond acceptors (Lipinski definition) is 5. The van der Waals surface area contributed by atoms with Gasteiger partial charge in [0.15, 0.2) is 5.82 Å². The molecular weight excluding hydrogens is 236 g/mol. The summed E-state index contributed by atoms with van der Waals surface area (Å²) >= 11 is 0. The SMILES string of the molecule is CN1CCN(Cc2noc([C@H]3CCCO3)n2)C1=O. The van der Waals surface area contributed by atoms with Crippen LogP contribution in [0.5, 0.6) is 0 Å². The van der Waals surface area contributed by atoms with Gasteiger partial charge in [0.2, 0.25) is 0 Å². The topological polar surface area (TPSA) is 71.7 Å². The molecule has 2 aliphatic rings. The third-order valence-electron chi connectivity index (χ3n) is 3.32. The van der Waals surface area contributed by atoms with Crippen molar-refractivity contribution >= 4 is 6.03 Å². The normalized spacial score (nSPS) is 24.3. The first-order valence-corrected chi connectivity index (χ1v) is 6.18. The van der Waals surface area contributed by atoms with Crippen LogP contribution < -0.4 is 0 Å². The summed E-state index contributed by atoms with van der Waals surface area (Å²) in [6.45, 7) is 2.60. The molecule has 0 spiro atoms. The van der Waals surface area contributed by atoms with Crippen LogP contribution in [0.15, 0.2) is 4.52 Å². The molecule has 1 aromatic rings. The van der Waals surface area contributed by atoms with Crippen molar-refractivity contribution in [3.05, 3.63) is 11.7 Å². The fraction of sp³-hybridized carbons (Fsp3) is 0.727. The van der Waals surface area contributed by atoms with E-state index in [4.69, 9.17) is 9.26 Å². The molecule has 0 aliphatic carbocycles. The molecule has 0 saturated carbocycles. The van der Waals surface area contributed by atoms with E-state index in [1.807, 2.05) is 0 Å². The molecule has 2 fully saturated rings. The zero-order valence-corrected chi connectivity index (χ0v) is 10.3. The molecule has 7 nitrogen and oxygen atoms in total. The summed E-state index contributed by atoms with van der Waals surface area (Å²) in [7, 11) is 1.79. The fourth-order valence-electron chi connectivity index (χ4n) is 2.26. The zero-order valence-electron chi connectivity index (χ0n) is 10.3. The molecule has 0 unspecified atom stereocenters. The Hall–Kier alpha value is -1.63. The maximum atomic E-state index is 11.7. The molecule has 2 amide bonds. The number of urea groups is 1. The van der Waals surface area contributed by atoms with E-state index in [0.717, 1.165) is 26.0 Å². The third kappa shape index (κ3) is 2.05. The molecule has 2 saturated heterocycles. The van der Waals surface area contributed by atoms with Gasteiger partial charge in [-0.2, -0.15) is 4.98 Å². The number of carbonyl (C=O) groups is 1. The maximum Gasteiger partial charge on any atom is 0.320 e. The van der Waals surface area contributed by atoms with Gasteiger partial charge in [-0.25, -0.2) is 4.79 Å². The highest BCUT2D eigenvalue weighted by molar-refractivity contribution is 5.76. The lowest BCUT2D eigenvalue weighted by Gasteiger charge is -2.12. The summed E-state index contributed by atoms with van der Waals surface area (Å²) in [5.74, 6) is 1.08. The summed E-state index contributed by atoms with van der Waals surface area (Å²) in [6.07, 6.45) is 1.88. The predicted octanol–water partition coefficient (Wildman–Crippen LogP) is 0.788. The van der Waals surface area contributed by atoms with Gasteiger partial charge in [0.25, 0.3) is 5.89 Å². The highest BCUT2D eigenvalue weighted by Gasteiger charge is 2.28. The lowest BCUT2D eigenvalue weighted by Crippen LogP contribution is -2.29. The van der Waals surface area contributed by atoms with Crippen LogP contribution in [-0.2, 0) is 11.3 Å². The predicted molar refractivity (Wildman–Crippen MR) is 60.7 cm³/mol. The molecule has 3 rings (SSSR count). The number of hydrogen-bond donors (Lipinski definition) is 0. The first-order valence-electron chi connectivity index (χ1n) is 6.18. The van der Waals surface area contributed by atoms with Gasteiger partial charge >= 0.3 is 6.03 Å². The van der Waals surface area contributed by atoms with E-state index in [-0.39, 0.29) is 12.1 Å². The molecule has 2 aliphatic heterocycles. The average molecular weight is 252 g/mol. The van der Waals surface area contributed by atoms with Crippen molar-refractivity contribution in [2.45, 2.75) is 25.5 Å².